The Morgan fingerprint density at radius 2 is 2.00 bits per heavy atom. The zero-order chi connectivity index (χ0) is 12.5. The van der Waals surface area contributed by atoms with Crippen LogP contribution in [-0.2, 0) is 11.3 Å². The molecule has 0 aliphatic carbocycles. The summed E-state index contributed by atoms with van der Waals surface area (Å²) in [6, 6.07) is 12.0. The van der Waals surface area contributed by atoms with Gasteiger partial charge in [0.15, 0.2) is 0 Å². The molecule has 18 heavy (non-hydrogen) atoms. The van der Waals surface area contributed by atoms with Crippen molar-refractivity contribution in [3.63, 3.8) is 0 Å². The maximum Gasteiger partial charge on any atom is 0.227 e. The van der Waals surface area contributed by atoms with Crippen molar-refractivity contribution in [1.82, 2.24) is 9.78 Å². The Kier molecular flexibility index (Phi) is 2.63. The number of hydrogen-bond acceptors (Lipinski definition) is 2. The SMILES string of the molecule is CN1C(=O)CCCn2nc(-c3ccccc3)cc21. The van der Waals surface area contributed by atoms with Gasteiger partial charge in [0.2, 0.25) is 5.91 Å². The highest BCUT2D eigenvalue weighted by Crippen LogP contribution is 2.26. The van der Waals surface area contributed by atoms with E-state index >= 15 is 0 Å². The molecule has 1 aromatic heterocycles. The number of carbonyl (C=O) groups excluding carboxylic acids is 1. The quantitative estimate of drug-likeness (QED) is 0.768. The van der Waals surface area contributed by atoms with Crippen molar-refractivity contribution in [1.29, 1.82) is 0 Å². The number of aryl methyl sites for hydroxylation is 1. The number of amides is 1. The lowest BCUT2D eigenvalue weighted by molar-refractivity contribution is -0.118. The van der Waals surface area contributed by atoms with E-state index < -0.39 is 0 Å². The highest BCUT2D eigenvalue weighted by Gasteiger charge is 2.21. The monoisotopic (exact) mass is 241 g/mol. The Bertz CT molecular complexity index is 574. The van der Waals surface area contributed by atoms with E-state index in [-0.39, 0.29) is 5.91 Å². The van der Waals surface area contributed by atoms with Gasteiger partial charge in [-0.1, -0.05) is 30.3 Å². The van der Waals surface area contributed by atoms with Crippen molar-refractivity contribution < 1.29 is 4.79 Å². The van der Waals surface area contributed by atoms with Crippen LogP contribution in [0.1, 0.15) is 12.8 Å². The van der Waals surface area contributed by atoms with Gasteiger partial charge in [0.25, 0.3) is 0 Å². The molecule has 0 saturated heterocycles. The van der Waals surface area contributed by atoms with Gasteiger partial charge < -0.3 is 4.90 Å². The topological polar surface area (TPSA) is 38.1 Å². The van der Waals surface area contributed by atoms with Crippen LogP contribution >= 0.6 is 0 Å². The molecule has 4 heteroatoms. The summed E-state index contributed by atoms with van der Waals surface area (Å²) in [6.45, 7) is 0.804. The Hall–Kier alpha value is -2.10. The molecule has 0 atom stereocenters. The first-order valence-electron chi connectivity index (χ1n) is 6.15. The molecule has 2 heterocycles. The second-order valence-corrected chi connectivity index (χ2v) is 4.53. The third kappa shape index (κ3) is 1.79. The first-order valence-corrected chi connectivity index (χ1v) is 6.15. The summed E-state index contributed by atoms with van der Waals surface area (Å²) in [5.41, 5.74) is 2.01. The van der Waals surface area contributed by atoms with Gasteiger partial charge in [-0.15, -0.1) is 0 Å². The number of rotatable bonds is 1. The van der Waals surface area contributed by atoms with Crippen LogP contribution in [-0.4, -0.2) is 22.7 Å². The van der Waals surface area contributed by atoms with Gasteiger partial charge in [0.1, 0.15) is 5.82 Å². The summed E-state index contributed by atoms with van der Waals surface area (Å²) in [5, 5.41) is 4.59. The average Bonchev–Trinajstić information content (AvgIpc) is 2.78. The van der Waals surface area contributed by atoms with Crippen LogP contribution < -0.4 is 4.90 Å². The lowest BCUT2D eigenvalue weighted by atomic mass is 10.1. The van der Waals surface area contributed by atoms with Crippen LogP contribution in [0, 0.1) is 0 Å². The van der Waals surface area contributed by atoms with Gasteiger partial charge in [-0.3, -0.25) is 4.79 Å². The zero-order valence-electron chi connectivity index (χ0n) is 10.3. The first kappa shape index (κ1) is 11.0. The highest BCUT2D eigenvalue weighted by molar-refractivity contribution is 5.92. The van der Waals surface area contributed by atoms with Crippen LogP contribution in [0.3, 0.4) is 0 Å². The summed E-state index contributed by atoms with van der Waals surface area (Å²) in [7, 11) is 1.82. The van der Waals surface area contributed by atoms with Crippen molar-refractivity contribution in [3.05, 3.63) is 36.4 Å². The molecule has 1 amide bonds. The van der Waals surface area contributed by atoms with Crippen molar-refractivity contribution in [2.75, 3.05) is 11.9 Å². The van der Waals surface area contributed by atoms with E-state index in [4.69, 9.17) is 0 Å². The molecule has 0 saturated carbocycles. The minimum absolute atomic E-state index is 0.160. The molecule has 92 valence electrons. The predicted molar refractivity (Wildman–Crippen MR) is 70.3 cm³/mol. The largest absolute Gasteiger partial charge is 0.300 e. The molecule has 1 aliphatic rings. The van der Waals surface area contributed by atoms with Gasteiger partial charge in [-0.2, -0.15) is 5.10 Å². The molecule has 1 aromatic carbocycles. The molecule has 0 N–H and O–H groups in total. The Morgan fingerprint density at radius 3 is 2.78 bits per heavy atom. The van der Waals surface area contributed by atoms with Crippen LogP contribution in [0.25, 0.3) is 11.3 Å². The molecule has 3 rings (SSSR count). The number of benzene rings is 1. The molecule has 0 bridgehead atoms. The van der Waals surface area contributed by atoms with E-state index in [0.717, 1.165) is 30.0 Å². The van der Waals surface area contributed by atoms with Gasteiger partial charge >= 0.3 is 0 Å². The lowest BCUT2D eigenvalue weighted by Crippen LogP contribution is -2.25. The summed E-state index contributed by atoms with van der Waals surface area (Å²) in [5.74, 6) is 1.05. The van der Waals surface area contributed by atoms with E-state index in [2.05, 4.69) is 5.10 Å². The van der Waals surface area contributed by atoms with E-state index in [9.17, 15) is 4.79 Å². The van der Waals surface area contributed by atoms with Crippen molar-refractivity contribution in [2.45, 2.75) is 19.4 Å². The first-order chi connectivity index (χ1) is 8.75. The summed E-state index contributed by atoms with van der Waals surface area (Å²) in [6.07, 6.45) is 1.45. The third-order valence-corrected chi connectivity index (χ3v) is 3.31. The van der Waals surface area contributed by atoms with E-state index in [1.165, 1.54) is 0 Å². The molecule has 0 unspecified atom stereocenters. The molecular weight excluding hydrogens is 226 g/mol. The number of anilines is 1. The fraction of sp³-hybridized carbons (Fsp3) is 0.286. The smallest absolute Gasteiger partial charge is 0.227 e. The standard InChI is InChI=1S/C14H15N3O/c1-16-13-10-12(11-6-3-2-4-7-11)15-17(13)9-5-8-14(16)18/h2-4,6-7,10H,5,8-9H2,1H3. The Balaban J connectivity index is 2.05. The summed E-state index contributed by atoms with van der Waals surface area (Å²) >= 11 is 0. The molecule has 2 aromatic rings. The number of carbonyl (C=O) groups is 1. The van der Waals surface area contributed by atoms with E-state index in [1.54, 1.807) is 4.90 Å². The van der Waals surface area contributed by atoms with Gasteiger partial charge in [0.05, 0.1) is 5.69 Å². The van der Waals surface area contributed by atoms with Crippen LogP contribution in [0.5, 0.6) is 0 Å². The van der Waals surface area contributed by atoms with E-state index in [1.807, 2.05) is 48.1 Å². The molecule has 0 spiro atoms. The molecule has 0 fully saturated rings. The second-order valence-electron chi connectivity index (χ2n) is 4.53. The van der Waals surface area contributed by atoms with Gasteiger partial charge in [-0.05, 0) is 6.42 Å². The molecule has 0 radical (unpaired) electrons. The Morgan fingerprint density at radius 1 is 1.22 bits per heavy atom. The van der Waals surface area contributed by atoms with Gasteiger partial charge in [0, 0.05) is 31.6 Å². The van der Waals surface area contributed by atoms with Crippen LogP contribution in [0.4, 0.5) is 5.82 Å². The summed E-state index contributed by atoms with van der Waals surface area (Å²) < 4.78 is 1.92. The Labute approximate surface area is 106 Å². The number of hydrogen-bond donors (Lipinski definition) is 0. The van der Waals surface area contributed by atoms with Gasteiger partial charge in [-0.25, -0.2) is 4.68 Å². The predicted octanol–water partition coefficient (Wildman–Crippen LogP) is 2.31. The lowest BCUT2D eigenvalue weighted by Gasteiger charge is -2.13. The minimum atomic E-state index is 0.160. The normalized spacial score (nSPS) is 15.4. The number of nitrogens with zero attached hydrogens (tertiary/aromatic N) is 3. The van der Waals surface area contributed by atoms with Crippen molar-refractivity contribution in [2.24, 2.45) is 0 Å². The minimum Gasteiger partial charge on any atom is -0.300 e. The fourth-order valence-electron chi connectivity index (χ4n) is 2.27. The van der Waals surface area contributed by atoms with Crippen molar-refractivity contribution >= 4 is 11.7 Å². The number of fused-ring (bicyclic) bond motifs is 1. The maximum absolute atomic E-state index is 11.8. The molecule has 4 nitrogen and oxygen atoms in total. The van der Waals surface area contributed by atoms with Crippen LogP contribution in [0.2, 0.25) is 0 Å². The second kappa shape index (κ2) is 4.29. The highest BCUT2D eigenvalue weighted by atomic mass is 16.2. The van der Waals surface area contributed by atoms with Crippen molar-refractivity contribution in [3.8, 4) is 11.3 Å². The van der Waals surface area contributed by atoms with Crippen LogP contribution in [0.15, 0.2) is 36.4 Å². The third-order valence-electron chi connectivity index (χ3n) is 3.31. The van der Waals surface area contributed by atoms with E-state index in [0.29, 0.717) is 6.42 Å². The molecular formula is C14H15N3O. The maximum atomic E-state index is 11.8. The fourth-order valence-corrected chi connectivity index (χ4v) is 2.27. The molecule has 1 aliphatic heterocycles. The zero-order valence-corrected chi connectivity index (χ0v) is 10.3. The average molecular weight is 241 g/mol. The number of aromatic nitrogens is 2. The summed E-state index contributed by atoms with van der Waals surface area (Å²) in [4.78, 5) is 13.5.